The lowest BCUT2D eigenvalue weighted by atomic mass is 10.2. The van der Waals surface area contributed by atoms with Gasteiger partial charge in [-0.2, -0.15) is 4.31 Å². The van der Waals surface area contributed by atoms with Crippen molar-refractivity contribution in [2.24, 2.45) is 0 Å². The van der Waals surface area contributed by atoms with E-state index in [1.807, 2.05) is 30.3 Å². The Labute approximate surface area is 137 Å². The fraction of sp³-hybridized carbons (Fsp3) is 0.167. The minimum Gasteiger partial charge on any atom is -0.295 e. The fourth-order valence-corrected chi connectivity index (χ4v) is 3.65. The Balaban J connectivity index is 2.38. The largest absolute Gasteiger partial charge is 0.295 e. The van der Waals surface area contributed by atoms with Gasteiger partial charge < -0.3 is 0 Å². The van der Waals surface area contributed by atoms with E-state index in [0.717, 1.165) is 5.56 Å². The van der Waals surface area contributed by atoms with Gasteiger partial charge in [-0.1, -0.05) is 48.5 Å². The lowest BCUT2D eigenvalue weighted by Gasteiger charge is -2.21. The van der Waals surface area contributed by atoms with Crippen molar-refractivity contribution >= 4 is 15.8 Å². The number of carbonyl (C=O) groups is 1. The zero-order chi connectivity index (χ0) is 16.9. The van der Waals surface area contributed by atoms with Crippen LogP contribution in [0.1, 0.15) is 22.8 Å². The molecule has 0 aliphatic heterocycles. The average molecular weight is 329 g/mol. The molecule has 0 amide bonds. The summed E-state index contributed by atoms with van der Waals surface area (Å²) >= 11 is 0. The van der Waals surface area contributed by atoms with Crippen LogP contribution in [-0.2, 0) is 16.6 Å². The van der Waals surface area contributed by atoms with E-state index in [-0.39, 0.29) is 23.8 Å². The van der Waals surface area contributed by atoms with Crippen LogP contribution in [0.15, 0.2) is 72.1 Å². The van der Waals surface area contributed by atoms with Crippen molar-refractivity contribution in [3.05, 3.63) is 78.4 Å². The van der Waals surface area contributed by atoms with Crippen molar-refractivity contribution in [1.82, 2.24) is 4.31 Å². The molecule has 0 saturated carbocycles. The maximum Gasteiger partial charge on any atom is 0.243 e. The van der Waals surface area contributed by atoms with Gasteiger partial charge in [-0.3, -0.25) is 4.79 Å². The SMILES string of the molecule is C=CCN(Cc1ccccc1)S(=O)(=O)c1cccc(C(C)=O)c1. The fourth-order valence-electron chi connectivity index (χ4n) is 2.20. The van der Waals surface area contributed by atoms with Gasteiger partial charge >= 0.3 is 0 Å². The van der Waals surface area contributed by atoms with Crippen molar-refractivity contribution in [2.45, 2.75) is 18.4 Å². The van der Waals surface area contributed by atoms with Crippen LogP contribution in [0.2, 0.25) is 0 Å². The molecule has 0 spiro atoms. The minimum absolute atomic E-state index is 0.114. The Bertz CT molecular complexity index is 798. The van der Waals surface area contributed by atoms with E-state index in [0.29, 0.717) is 5.56 Å². The van der Waals surface area contributed by atoms with Gasteiger partial charge in [0, 0.05) is 18.7 Å². The van der Waals surface area contributed by atoms with E-state index in [4.69, 9.17) is 0 Å². The lowest BCUT2D eigenvalue weighted by Crippen LogP contribution is -2.31. The van der Waals surface area contributed by atoms with Gasteiger partial charge in [0.2, 0.25) is 10.0 Å². The molecule has 0 aliphatic carbocycles. The van der Waals surface area contributed by atoms with Gasteiger partial charge in [-0.15, -0.1) is 6.58 Å². The summed E-state index contributed by atoms with van der Waals surface area (Å²) in [7, 11) is -3.71. The van der Waals surface area contributed by atoms with Crippen molar-refractivity contribution in [1.29, 1.82) is 0 Å². The highest BCUT2D eigenvalue weighted by Crippen LogP contribution is 2.20. The molecular formula is C18H19NO3S. The Morgan fingerprint density at radius 3 is 2.43 bits per heavy atom. The van der Waals surface area contributed by atoms with E-state index in [2.05, 4.69) is 6.58 Å². The first-order chi connectivity index (χ1) is 10.9. The molecule has 4 nitrogen and oxygen atoms in total. The first-order valence-electron chi connectivity index (χ1n) is 7.21. The highest BCUT2D eigenvalue weighted by atomic mass is 32.2. The Morgan fingerprint density at radius 2 is 1.83 bits per heavy atom. The van der Waals surface area contributed by atoms with Gasteiger partial charge in [0.05, 0.1) is 4.90 Å². The molecule has 0 bridgehead atoms. The predicted molar refractivity (Wildman–Crippen MR) is 90.7 cm³/mol. The van der Waals surface area contributed by atoms with Gasteiger partial charge in [0.25, 0.3) is 0 Å². The van der Waals surface area contributed by atoms with Crippen LogP contribution in [0, 0.1) is 0 Å². The number of ketones is 1. The highest BCUT2D eigenvalue weighted by molar-refractivity contribution is 7.89. The summed E-state index contributed by atoms with van der Waals surface area (Å²) in [6.45, 7) is 5.49. The highest BCUT2D eigenvalue weighted by Gasteiger charge is 2.24. The number of hydrogen-bond donors (Lipinski definition) is 0. The molecule has 0 radical (unpaired) electrons. The summed E-state index contributed by atoms with van der Waals surface area (Å²) in [5.41, 5.74) is 1.27. The normalized spacial score (nSPS) is 11.4. The molecule has 0 fully saturated rings. The van der Waals surface area contributed by atoms with E-state index >= 15 is 0 Å². The van der Waals surface area contributed by atoms with E-state index in [9.17, 15) is 13.2 Å². The molecule has 0 N–H and O–H groups in total. The average Bonchev–Trinajstić information content (AvgIpc) is 2.55. The second-order valence-corrected chi connectivity index (χ2v) is 7.09. The summed E-state index contributed by atoms with van der Waals surface area (Å²) in [5, 5.41) is 0. The third kappa shape index (κ3) is 4.15. The number of carbonyl (C=O) groups excluding carboxylic acids is 1. The van der Waals surface area contributed by atoms with Crippen molar-refractivity contribution in [3.8, 4) is 0 Å². The number of Topliss-reactive ketones (excluding diaryl/α,β-unsaturated/α-hetero) is 1. The third-order valence-corrected chi connectivity index (χ3v) is 5.22. The van der Waals surface area contributed by atoms with Crippen LogP contribution >= 0.6 is 0 Å². The number of benzene rings is 2. The van der Waals surface area contributed by atoms with E-state index < -0.39 is 10.0 Å². The molecule has 23 heavy (non-hydrogen) atoms. The molecule has 2 aromatic rings. The maximum absolute atomic E-state index is 12.9. The molecule has 0 atom stereocenters. The summed E-state index contributed by atoms with van der Waals surface area (Å²) in [6, 6.07) is 15.5. The Kier molecular flexibility index (Phi) is 5.47. The van der Waals surface area contributed by atoms with Gasteiger partial charge in [0.15, 0.2) is 5.78 Å². The smallest absolute Gasteiger partial charge is 0.243 e. The van der Waals surface area contributed by atoms with Crippen LogP contribution in [0.4, 0.5) is 0 Å². The second kappa shape index (κ2) is 7.35. The molecular weight excluding hydrogens is 310 g/mol. The second-order valence-electron chi connectivity index (χ2n) is 5.16. The quantitative estimate of drug-likeness (QED) is 0.579. The van der Waals surface area contributed by atoms with E-state index in [1.165, 1.54) is 23.4 Å². The summed E-state index contributed by atoms with van der Waals surface area (Å²) < 4.78 is 27.1. The van der Waals surface area contributed by atoms with Crippen molar-refractivity contribution in [2.75, 3.05) is 6.54 Å². The van der Waals surface area contributed by atoms with Crippen LogP contribution in [-0.4, -0.2) is 25.1 Å². The first-order valence-corrected chi connectivity index (χ1v) is 8.65. The molecule has 0 aromatic heterocycles. The molecule has 0 heterocycles. The molecule has 0 saturated heterocycles. The van der Waals surface area contributed by atoms with Crippen LogP contribution in [0.3, 0.4) is 0 Å². The number of sulfonamides is 1. The third-order valence-electron chi connectivity index (χ3n) is 3.41. The zero-order valence-electron chi connectivity index (χ0n) is 13.0. The maximum atomic E-state index is 12.9. The molecule has 0 unspecified atom stereocenters. The summed E-state index contributed by atoms with van der Waals surface area (Å²) in [6.07, 6.45) is 1.55. The predicted octanol–water partition coefficient (Wildman–Crippen LogP) is 3.27. The van der Waals surface area contributed by atoms with Crippen LogP contribution in [0.5, 0.6) is 0 Å². The van der Waals surface area contributed by atoms with Gasteiger partial charge in [-0.05, 0) is 24.6 Å². The standard InChI is InChI=1S/C18H19NO3S/c1-3-12-19(14-16-8-5-4-6-9-16)23(21,22)18-11-7-10-17(13-18)15(2)20/h3-11,13H,1,12,14H2,2H3. The number of rotatable bonds is 7. The monoisotopic (exact) mass is 329 g/mol. The van der Waals surface area contributed by atoms with E-state index in [1.54, 1.807) is 18.2 Å². The molecule has 2 aromatic carbocycles. The van der Waals surface area contributed by atoms with Crippen molar-refractivity contribution in [3.63, 3.8) is 0 Å². The Hall–Kier alpha value is -2.24. The summed E-state index contributed by atoms with van der Waals surface area (Å²) in [4.78, 5) is 11.6. The summed E-state index contributed by atoms with van der Waals surface area (Å²) in [5.74, 6) is -0.166. The van der Waals surface area contributed by atoms with Crippen LogP contribution in [0.25, 0.3) is 0 Å². The Morgan fingerprint density at radius 1 is 1.13 bits per heavy atom. The molecule has 2 rings (SSSR count). The van der Waals surface area contributed by atoms with Gasteiger partial charge in [-0.25, -0.2) is 8.42 Å². The van der Waals surface area contributed by atoms with Gasteiger partial charge in [0.1, 0.15) is 0 Å². The molecule has 120 valence electrons. The first kappa shape index (κ1) is 17.1. The zero-order valence-corrected chi connectivity index (χ0v) is 13.8. The van der Waals surface area contributed by atoms with Crippen molar-refractivity contribution < 1.29 is 13.2 Å². The minimum atomic E-state index is -3.71. The number of nitrogens with zero attached hydrogens (tertiary/aromatic N) is 1. The van der Waals surface area contributed by atoms with Crippen LogP contribution < -0.4 is 0 Å². The molecule has 5 heteroatoms. The molecule has 0 aliphatic rings. The lowest BCUT2D eigenvalue weighted by molar-refractivity contribution is 0.101. The topological polar surface area (TPSA) is 54.5 Å². The number of hydrogen-bond acceptors (Lipinski definition) is 3.